The van der Waals surface area contributed by atoms with Crippen molar-refractivity contribution in [2.75, 3.05) is 20.2 Å². The topological polar surface area (TPSA) is 38.5 Å². The summed E-state index contributed by atoms with van der Waals surface area (Å²) >= 11 is 12.1. The molecule has 0 bridgehead atoms. The van der Waals surface area contributed by atoms with E-state index in [0.717, 1.165) is 18.6 Å². The van der Waals surface area contributed by atoms with Crippen molar-refractivity contribution in [3.8, 4) is 0 Å². The van der Waals surface area contributed by atoms with E-state index in [0.29, 0.717) is 22.6 Å². The van der Waals surface area contributed by atoms with Crippen LogP contribution in [-0.2, 0) is 4.74 Å². The van der Waals surface area contributed by atoms with Crippen LogP contribution in [0.15, 0.2) is 18.2 Å². The second kappa shape index (κ2) is 6.42. The molecule has 3 unspecified atom stereocenters. The molecule has 1 aromatic carbocycles. The first kappa shape index (κ1) is 15.1. The number of halogens is 2. The lowest BCUT2D eigenvalue weighted by Crippen LogP contribution is -2.42. The minimum Gasteiger partial charge on any atom is -0.377 e. The van der Waals surface area contributed by atoms with Gasteiger partial charge in [0, 0.05) is 25.2 Å². The standard InChI is InChI=1S/C14H20Cl2N2O/c1-9-13(5-6-19-9)18(2)14(8-17)10-3-4-11(15)12(16)7-10/h3-4,7,9,13-14H,5-6,8,17H2,1-2H3. The zero-order valence-corrected chi connectivity index (χ0v) is 12.8. The van der Waals surface area contributed by atoms with Gasteiger partial charge in [0.25, 0.3) is 0 Å². The Hall–Kier alpha value is -0.320. The number of hydrogen-bond donors (Lipinski definition) is 1. The molecule has 1 fully saturated rings. The Bertz CT molecular complexity index is 441. The second-order valence-electron chi connectivity index (χ2n) is 5.02. The normalized spacial score (nSPS) is 24.9. The fourth-order valence-corrected chi connectivity index (χ4v) is 3.05. The summed E-state index contributed by atoms with van der Waals surface area (Å²) in [5, 5.41) is 1.14. The van der Waals surface area contributed by atoms with E-state index in [-0.39, 0.29) is 12.1 Å². The van der Waals surface area contributed by atoms with E-state index in [4.69, 9.17) is 33.7 Å². The van der Waals surface area contributed by atoms with Crippen molar-refractivity contribution in [3.63, 3.8) is 0 Å². The fourth-order valence-electron chi connectivity index (χ4n) is 2.74. The first-order valence-electron chi connectivity index (χ1n) is 6.53. The van der Waals surface area contributed by atoms with E-state index < -0.39 is 0 Å². The highest BCUT2D eigenvalue weighted by atomic mass is 35.5. The van der Waals surface area contributed by atoms with E-state index in [1.54, 1.807) is 0 Å². The van der Waals surface area contributed by atoms with Crippen LogP contribution < -0.4 is 5.73 Å². The van der Waals surface area contributed by atoms with E-state index in [1.807, 2.05) is 18.2 Å². The average Bonchev–Trinajstić information content (AvgIpc) is 2.80. The summed E-state index contributed by atoms with van der Waals surface area (Å²) in [6.07, 6.45) is 1.27. The first-order chi connectivity index (χ1) is 9.04. The van der Waals surface area contributed by atoms with Crippen molar-refractivity contribution in [2.24, 2.45) is 5.73 Å². The van der Waals surface area contributed by atoms with Gasteiger partial charge < -0.3 is 10.5 Å². The third-order valence-electron chi connectivity index (χ3n) is 3.90. The highest BCUT2D eigenvalue weighted by Crippen LogP contribution is 2.30. The summed E-state index contributed by atoms with van der Waals surface area (Å²) in [6, 6.07) is 6.23. The summed E-state index contributed by atoms with van der Waals surface area (Å²) in [5.74, 6) is 0. The predicted molar refractivity (Wildman–Crippen MR) is 79.8 cm³/mol. The summed E-state index contributed by atoms with van der Waals surface area (Å²) in [7, 11) is 2.09. The third-order valence-corrected chi connectivity index (χ3v) is 4.64. The van der Waals surface area contributed by atoms with Crippen molar-refractivity contribution >= 4 is 23.2 Å². The van der Waals surface area contributed by atoms with E-state index in [9.17, 15) is 0 Å². The van der Waals surface area contributed by atoms with E-state index >= 15 is 0 Å². The molecule has 1 saturated heterocycles. The summed E-state index contributed by atoms with van der Waals surface area (Å²) < 4.78 is 5.63. The third kappa shape index (κ3) is 3.23. The second-order valence-corrected chi connectivity index (χ2v) is 5.84. The van der Waals surface area contributed by atoms with Crippen molar-refractivity contribution in [1.82, 2.24) is 4.90 Å². The number of benzene rings is 1. The quantitative estimate of drug-likeness (QED) is 0.929. The SMILES string of the molecule is CC1OCCC1N(C)C(CN)c1ccc(Cl)c(Cl)c1. The van der Waals surface area contributed by atoms with Gasteiger partial charge in [0.05, 0.1) is 16.1 Å². The number of likely N-dealkylation sites (N-methyl/N-ethyl adjacent to an activating group) is 1. The largest absolute Gasteiger partial charge is 0.377 e. The maximum absolute atomic E-state index is 6.09. The van der Waals surface area contributed by atoms with Gasteiger partial charge in [0.15, 0.2) is 0 Å². The smallest absolute Gasteiger partial charge is 0.0703 e. The maximum atomic E-state index is 6.09. The minimum absolute atomic E-state index is 0.129. The number of nitrogens with two attached hydrogens (primary N) is 1. The molecule has 0 radical (unpaired) electrons. The number of ether oxygens (including phenoxy) is 1. The Kier molecular flexibility index (Phi) is 5.09. The van der Waals surface area contributed by atoms with E-state index in [2.05, 4.69) is 18.9 Å². The Morgan fingerprint density at radius 2 is 2.16 bits per heavy atom. The minimum atomic E-state index is 0.129. The Balaban J connectivity index is 2.20. The molecule has 2 rings (SSSR count). The molecule has 3 nitrogen and oxygen atoms in total. The summed E-state index contributed by atoms with van der Waals surface area (Å²) in [4.78, 5) is 2.29. The summed E-state index contributed by atoms with van der Waals surface area (Å²) in [6.45, 7) is 3.46. The predicted octanol–water partition coefficient (Wildman–Crippen LogP) is 3.10. The molecule has 1 heterocycles. The van der Waals surface area contributed by atoms with Crippen LogP contribution in [0.5, 0.6) is 0 Å². The molecule has 1 aliphatic heterocycles. The van der Waals surface area contributed by atoms with Crippen LogP contribution in [0, 0.1) is 0 Å². The van der Waals surface area contributed by atoms with Crippen molar-refractivity contribution in [2.45, 2.75) is 31.5 Å². The van der Waals surface area contributed by atoms with Gasteiger partial charge in [-0.3, -0.25) is 4.90 Å². The van der Waals surface area contributed by atoms with Gasteiger partial charge >= 0.3 is 0 Å². The molecule has 3 atom stereocenters. The van der Waals surface area contributed by atoms with Crippen LogP contribution in [-0.4, -0.2) is 37.2 Å². The number of nitrogens with zero attached hydrogens (tertiary/aromatic N) is 1. The molecular formula is C14H20Cl2N2O. The van der Waals surface area contributed by atoms with Crippen LogP contribution in [0.4, 0.5) is 0 Å². The molecule has 5 heteroatoms. The molecule has 0 saturated carbocycles. The lowest BCUT2D eigenvalue weighted by Gasteiger charge is -2.34. The van der Waals surface area contributed by atoms with Crippen molar-refractivity contribution < 1.29 is 4.74 Å². The van der Waals surface area contributed by atoms with Gasteiger partial charge in [0.1, 0.15) is 0 Å². The first-order valence-corrected chi connectivity index (χ1v) is 7.28. The number of hydrogen-bond acceptors (Lipinski definition) is 3. The highest BCUT2D eigenvalue weighted by Gasteiger charge is 2.31. The van der Waals surface area contributed by atoms with Gasteiger partial charge in [0.2, 0.25) is 0 Å². The van der Waals surface area contributed by atoms with Crippen LogP contribution in [0.2, 0.25) is 10.0 Å². The van der Waals surface area contributed by atoms with E-state index in [1.165, 1.54) is 0 Å². The zero-order valence-electron chi connectivity index (χ0n) is 11.3. The maximum Gasteiger partial charge on any atom is 0.0703 e. The monoisotopic (exact) mass is 302 g/mol. The molecule has 0 spiro atoms. The van der Waals surface area contributed by atoms with Crippen LogP contribution >= 0.6 is 23.2 Å². The molecule has 0 amide bonds. The average molecular weight is 303 g/mol. The molecule has 19 heavy (non-hydrogen) atoms. The number of rotatable bonds is 4. The van der Waals surface area contributed by atoms with Crippen molar-refractivity contribution in [1.29, 1.82) is 0 Å². The van der Waals surface area contributed by atoms with Crippen LogP contribution in [0.3, 0.4) is 0 Å². The van der Waals surface area contributed by atoms with Gasteiger partial charge in [-0.05, 0) is 38.1 Å². The van der Waals surface area contributed by atoms with Gasteiger partial charge in [-0.1, -0.05) is 29.3 Å². The fraction of sp³-hybridized carbons (Fsp3) is 0.571. The van der Waals surface area contributed by atoms with Gasteiger partial charge in [-0.2, -0.15) is 0 Å². The summed E-state index contributed by atoms with van der Waals surface area (Å²) in [5.41, 5.74) is 7.04. The Labute approximate surface area is 124 Å². The van der Waals surface area contributed by atoms with Crippen LogP contribution in [0.25, 0.3) is 0 Å². The van der Waals surface area contributed by atoms with Gasteiger partial charge in [-0.25, -0.2) is 0 Å². The molecule has 106 valence electrons. The van der Waals surface area contributed by atoms with Gasteiger partial charge in [-0.15, -0.1) is 0 Å². The Morgan fingerprint density at radius 1 is 1.42 bits per heavy atom. The molecule has 0 aromatic heterocycles. The lowest BCUT2D eigenvalue weighted by molar-refractivity contribution is 0.0686. The highest BCUT2D eigenvalue weighted by molar-refractivity contribution is 6.42. The lowest BCUT2D eigenvalue weighted by atomic mass is 10.0. The molecule has 1 aromatic rings. The Morgan fingerprint density at radius 3 is 2.68 bits per heavy atom. The molecular weight excluding hydrogens is 283 g/mol. The molecule has 0 aliphatic carbocycles. The zero-order chi connectivity index (χ0) is 14.0. The van der Waals surface area contributed by atoms with Crippen molar-refractivity contribution in [3.05, 3.63) is 33.8 Å². The molecule has 2 N–H and O–H groups in total. The van der Waals surface area contributed by atoms with Crippen LogP contribution in [0.1, 0.15) is 24.9 Å². The molecule has 1 aliphatic rings.